The van der Waals surface area contributed by atoms with E-state index in [0.29, 0.717) is 6.10 Å². The van der Waals surface area contributed by atoms with Crippen molar-refractivity contribution in [1.29, 1.82) is 0 Å². The van der Waals surface area contributed by atoms with Crippen molar-refractivity contribution in [2.45, 2.75) is 31.5 Å². The van der Waals surface area contributed by atoms with E-state index in [2.05, 4.69) is 17.9 Å². The predicted octanol–water partition coefficient (Wildman–Crippen LogP) is 1.15. The molecule has 0 aromatic carbocycles. The molecular formula is C11H17NO2. The lowest BCUT2D eigenvalue weighted by Crippen LogP contribution is -2.38. The fourth-order valence-electron chi connectivity index (χ4n) is 2.53. The van der Waals surface area contributed by atoms with Gasteiger partial charge in [-0.25, -0.2) is 0 Å². The molecule has 2 atom stereocenters. The van der Waals surface area contributed by atoms with Crippen molar-refractivity contribution >= 4 is 0 Å². The number of ether oxygens (including phenoxy) is 2. The summed E-state index contributed by atoms with van der Waals surface area (Å²) in [5, 5.41) is 0. The van der Waals surface area contributed by atoms with Gasteiger partial charge in [0.2, 0.25) is 0 Å². The van der Waals surface area contributed by atoms with Gasteiger partial charge in [-0.1, -0.05) is 6.08 Å². The molecule has 0 aromatic heterocycles. The molecule has 0 bridgehead atoms. The minimum absolute atomic E-state index is 0.169. The van der Waals surface area contributed by atoms with Crippen LogP contribution in [0.3, 0.4) is 0 Å². The van der Waals surface area contributed by atoms with Crippen molar-refractivity contribution < 1.29 is 9.47 Å². The summed E-state index contributed by atoms with van der Waals surface area (Å²) >= 11 is 0. The lowest BCUT2D eigenvalue weighted by molar-refractivity contribution is 0.0504. The Kier molecular flexibility index (Phi) is 1.86. The highest BCUT2D eigenvalue weighted by molar-refractivity contribution is 5.25. The van der Waals surface area contributed by atoms with Crippen molar-refractivity contribution in [3.05, 3.63) is 11.8 Å². The molecule has 2 aliphatic heterocycles. The Morgan fingerprint density at radius 3 is 3.00 bits per heavy atom. The number of allylic oxidation sites excluding steroid dienone is 1. The lowest BCUT2D eigenvalue weighted by atomic mass is 9.93. The molecule has 2 heterocycles. The highest BCUT2D eigenvalue weighted by Crippen LogP contribution is 2.48. The zero-order valence-corrected chi connectivity index (χ0v) is 8.66. The Balaban J connectivity index is 1.74. The van der Waals surface area contributed by atoms with Crippen LogP contribution in [0.2, 0.25) is 0 Å². The molecule has 0 aromatic rings. The quantitative estimate of drug-likeness (QED) is 0.587. The van der Waals surface area contributed by atoms with Gasteiger partial charge in [0.05, 0.1) is 18.8 Å². The van der Waals surface area contributed by atoms with E-state index in [1.807, 2.05) is 0 Å². The third kappa shape index (κ3) is 1.27. The van der Waals surface area contributed by atoms with E-state index in [1.54, 1.807) is 0 Å². The molecule has 0 N–H and O–H groups in total. The van der Waals surface area contributed by atoms with Gasteiger partial charge >= 0.3 is 0 Å². The van der Waals surface area contributed by atoms with Crippen LogP contribution in [0.1, 0.15) is 19.8 Å². The second-order valence-corrected chi connectivity index (χ2v) is 4.58. The Bertz CT molecular complexity index is 270. The number of nitrogens with zero attached hydrogens (tertiary/aromatic N) is 1. The standard InChI is InChI=1S/C11H17NO2/c1-11-4-2-3-9(10(11)14-11)12-5-7-13-8-6-12/h3,10H,2,4-8H2,1H3. The minimum atomic E-state index is 0.169. The summed E-state index contributed by atoms with van der Waals surface area (Å²) in [4.78, 5) is 2.43. The molecule has 1 aliphatic carbocycles. The minimum Gasteiger partial charge on any atom is -0.378 e. The number of hydrogen-bond donors (Lipinski definition) is 0. The summed E-state index contributed by atoms with van der Waals surface area (Å²) in [5.74, 6) is 0. The molecule has 2 saturated heterocycles. The highest BCUT2D eigenvalue weighted by Gasteiger charge is 2.56. The largest absolute Gasteiger partial charge is 0.378 e. The van der Waals surface area contributed by atoms with E-state index in [1.165, 1.54) is 18.5 Å². The maximum atomic E-state index is 5.78. The fourth-order valence-corrected chi connectivity index (χ4v) is 2.53. The van der Waals surface area contributed by atoms with Crippen LogP contribution >= 0.6 is 0 Å². The normalized spacial score (nSPS) is 41.6. The monoisotopic (exact) mass is 195 g/mol. The molecule has 3 nitrogen and oxygen atoms in total. The third-order valence-corrected chi connectivity index (χ3v) is 3.52. The molecule has 3 rings (SSSR count). The molecule has 78 valence electrons. The highest BCUT2D eigenvalue weighted by atomic mass is 16.6. The summed E-state index contributed by atoms with van der Waals surface area (Å²) in [6.07, 6.45) is 5.09. The second kappa shape index (κ2) is 2.97. The van der Waals surface area contributed by atoms with Crippen LogP contribution < -0.4 is 0 Å². The molecule has 3 aliphatic rings. The molecule has 3 heteroatoms. The molecule has 2 fully saturated rings. The topological polar surface area (TPSA) is 25.0 Å². The molecule has 0 spiro atoms. The fraction of sp³-hybridized carbons (Fsp3) is 0.818. The SMILES string of the molecule is CC12CCC=C(N3CCOCC3)C1O2. The maximum absolute atomic E-state index is 5.78. The Hall–Kier alpha value is -0.540. The Labute approximate surface area is 84.7 Å². The van der Waals surface area contributed by atoms with Crippen LogP contribution in [0, 0.1) is 0 Å². The first-order valence-corrected chi connectivity index (χ1v) is 5.50. The first kappa shape index (κ1) is 8.74. The number of hydrogen-bond acceptors (Lipinski definition) is 3. The number of epoxide rings is 1. The van der Waals surface area contributed by atoms with Crippen molar-refractivity contribution in [2.24, 2.45) is 0 Å². The Morgan fingerprint density at radius 2 is 2.21 bits per heavy atom. The molecule has 0 saturated carbocycles. The van der Waals surface area contributed by atoms with E-state index in [4.69, 9.17) is 9.47 Å². The summed E-state index contributed by atoms with van der Waals surface area (Å²) < 4.78 is 11.1. The van der Waals surface area contributed by atoms with E-state index in [-0.39, 0.29) is 5.60 Å². The summed E-state index contributed by atoms with van der Waals surface area (Å²) in [6, 6.07) is 0. The van der Waals surface area contributed by atoms with E-state index < -0.39 is 0 Å². The van der Waals surface area contributed by atoms with Gasteiger partial charge in [-0.15, -0.1) is 0 Å². The smallest absolute Gasteiger partial charge is 0.126 e. The van der Waals surface area contributed by atoms with Crippen molar-refractivity contribution in [3.8, 4) is 0 Å². The second-order valence-electron chi connectivity index (χ2n) is 4.58. The van der Waals surface area contributed by atoms with Crippen LogP contribution in [0.5, 0.6) is 0 Å². The average molecular weight is 195 g/mol. The number of fused-ring (bicyclic) bond motifs is 1. The van der Waals surface area contributed by atoms with Crippen LogP contribution in [-0.2, 0) is 9.47 Å². The zero-order chi connectivity index (χ0) is 9.60. The van der Waals surface area contributed by atoms with E-state index >= 15 is 0 Å². The predicted molar refractivity (Wildman–Crippen MR) is 53.0 cm³/mol. The van der Waals surface area contributed by atoms with Crippen molar-refractivity contribution in [3.63, 3.8) is 0 Å². The van der Waals surface area contributed by atoms with E-state index in [0.717, 1.165) is 26.3 Å². The van der Waals surface area contributed by atoms with Gasteiger partial charge < -0.3 is 14.4 Å². The zero-order valence-electron chi connectivity index (χ0n) is 8.66. The maximum Gasteiger partial charge on any atom is 0.126 e. The molecule has 14 heavy (non-hydrogen) atoms. The van der Waals surface area contributed by atoms with Gasteiger partial charge in [0.1, 0.15) is 6.10 Å². The average Bonchev–Trinajstić information content (AvgIpc) is 2.90. The van der Waals surface area contributed by atoms with Gasteiger partial charge in [0.25, 0.3) is 0 Å². The summed E-state index contributed by atoms with van der Waals surface area (Å²) in [6.45, 7) is 6.01. The van der Waals surface area contributed by atoms with Gasteiger partial charge in [-0.05, 0) is 19.8 Å². The number of morpholine rings is 1. The van der Waals surface area contributed by atoms with Crippen LogP contribution in [0.4, 0.5) is 0 Å². The number of rotatable bonds is 1. The Morgan fingerprint density at radius 1 is 1.43 bits per heavy atom. The molecule has 0 amide bonds. The molecule has 0 radical (unpaired) electrons. The van der Waals surface area contributed by atoms with Gasteiger partial charge in [-0.2, -0.15) is 0 Å². The molecule has 2 unspecified atom stereocenters. The van der Waals surface area contributed by atoms with Gasteiger partial charge in [0.15, 0.2) is 0 Å². The van der Waals surface area contributed by atoms with Crippen LogP contribution in [-0.4, -0.2) is 42.9 Å². The molecular weight excluding hydrogens is 178 g/mol. The van der Waals surface area contributed by atoms with E-state index in [9.17, 15) is 0 Å². The van der Waals surface area contributed by atoms with Gasteiger partial charge in [-0.3, -0.25) is 0 Å². The van der Waals surface area contributed by atoms with Crippen molar-refractivity contribution in [1.82, 2.24) is 4.90 Å². The van der Waals surface area contributed by atoms with Gasteiger partial charge in [0, 0.05) is 18.8 Å². The van der Waals surface area contributed by atoms with Crippen LogP contribution in [0.25, 0.3) is 0 Å². The van der Waals surface area contributed by atoms with Crippen molar-refractivity contribution in [2.75, 3.05) is 26.3 Å². The first-order valence-electron chi connectivity index (χ1n) is 5.50. The summed E-state index contributed by atoms with van der Waals surface area (Å²) in [5.41, 5.74) is 1.59. The first-order chi connectivity index (χ1) is 6.80. The van der Waals surface area contributed by atoms with Crippen LogP contribution in [0.15, 0.2) is 11.8 Å². The lowest BCUT2D eigenvalue weighted by Gasteiger charge is -2.32. The third-order valence-electron chi connectivity index (χ3n) is 3.52. The summed E-state index contributed by atoms with van der Waals surface area (Å²) in [7, 11) is 0.